The van der Waals surface area contributed by atoms with Crippen molar-refractivity contribution in [2.45, 2.75) is 38.8 Å². The van der Waals surface area contributed by atoms with Gasteiger partial charge in [-0.2, -0.15) is 0 Å². The zero-order valence-corrected chi connectivity index (χ0v) is 10.6. The van der Waals surface area contributed by atoms with Gasteiger partial charge in [0.15, 0.2) is 0 Å². The molecule has 2 atom stereocenters. The second kappa shape index (κ2) is 4.55. The number of thiophene rings is 1. The first kappa shape index (κ1) is 11.6. The average molecular weight is 238 g/mol. The van der Waals surface area contributed by atoms with Crippen LogP contribution in [0.2, 0.25) is 0 Å². The number of nitrogens with zero attached hydrogens (tertiary/aromatic N) is 1. The molecule has 1 aliphatic heterocycles. The lowest BCUT2D eigenvalue weighted by Crippen LogP contribution is -2.40. The summed E-state index contributed by atoms with van der Waals surface area (Å²) in [5.41, 5.74) is 7.10. The van der Waals surface area contributed by atoms with Crippen LogP contribution in [0.4, 0.5) is 0 Å². The molecule has 0 aromatic carbocycles. The van der Waals surface area contributed by atoms with Gasteiger partial charge in [0, 0.05) is 18.6 Å². The van der Waals surface area contributed by atoms with Crippen LogP contribution in [0.3, 0.4) is 0 Å². The number of aryl methyl sites for hydroxylation is 1. The van der Waals surface area contributed by atoms with Crippen LogP contribution in [0.15, 0.2) is 11.4 Å². The average Bonchev–Trinajstić information content (AvgIpc) is 2.86. The van der Waals surface area contributed by atoms with E-state index >= 15 is 0 Å². The fourth-order valence-corrected chi connectivity index (χ4v) is 3.13. The zero-order valence-electron chi connectivity index (χ0n) is 9.77. The zero-order chi connectivity index (χ0) is 11.7. The van der Waals surface area contributed by atoms with Gasteiger partial charge < -0.3 is 10.6 Å². The van der Waals surface area contributed by atoms with Crippen LogP contribution in [-0.4, -0.2) is 29.4 Å². The van der Waals surface area contributed by atoms with Gasteiger partial charge in [-0.05, 0) is 36.8 Å². The summed E-state index contributed by atoms with van der Waals surface area (Å²) in [5.74, 6) is 0.160. The van der Waals surface area contributed by atoms with Crippen LogP contribution in [-0.2, 0) is 6.42 Å². The van der Waals surface area contributed by atoms with Gasteiger partial charge in [-0.15, -0.1) is 11.3 Å². The van der Waals surface area contributed by atoms with E-state index in [4.69, 9.17) is 5.73 Å². The quantitative estimate of drug-likeness (QED) is 0.855. The molecule has 1 fully saturated rings. The topological polar surface area (TPSA) is 46.3 Å². The van der Waals surface area contributed by atoms with Gasteiger partial charge in [-0.25, -0.2) is 0 Å². The number of hydrogen-bond donors (Lipinski definition) is 1. The molecular formula is C12H18N2OS. The molecule has 1 aliphatic rings. The van der Waals surface area contributed by atoms with E-state index in [-0.39, 0.29) is 18.0 Å². The number of hydrogen-bond acceptors (Lipinski definition) is 3. The third-order valence-corrected chi connectivity index (χ3v) is 4.34. The summed E-state index contributed by atoms with van der Waals surface area (Å²) in [6, 6.07) is 2.34. The van der Waals surface area contributed by atoms with Gasteiger partial charge >= 0.3 is 0 Å². The standard InChI is InChI=1S/C12H18N2OS/c1-3-9-5-7-16-11(9)12(15)14-6-4-10(13)8(14)2/h5,7-8,10H,3-4,6,13H2,1-2H3. The van der Waals surface area contributed by atoms with Crippen molar-refractivity contribution < 1.29 is 4.79 Å². The minimum atomic E-state index is 0.133. The summed E-state index contributed by atoms with van der Waals surface area (Å²) in [6.07, 6.45) is 1.83. The fraction of sp³-hybridized carbons (Fsp3) is 0.583. The van der Waals surface area contributed by atoms with Crippen molar-refractivity contribution in [3.63, 3.8) is 0 Å². The first-order valence-corrected chi connectivity index (χ1v) is 6.66. The molecule has 1 aromatic heterocycles. The Labute approximate surface area is 100 Å². The van der Waals surface area contributed by atoms with E-state index < -0.39 is 0 Å². The van der Waals surface area contributed by atoms with Crippen LogP contribution in [0.25, 0.3) is 0 Å². The molecule has 16 heavy (non-hydrogen) atoms. The van der Waals surface area contributed by atoms with Crippen molar-refractivity contribution in [2.24, 2.45) is 5.73 Å². The highest BCUT2D eigenvalue weighted by Gasteiger charge is 2.32. The third-order valence-electron chi connectivity index (χ3n) is 3.40. The Morgan fingerprint density at radius 3 is 3.00 bits per heavy atom. The molecule has 88 valence electrons. The normalized spacial score (nSPS) is 25.1. The number of amides is 1. The summed E-state index contributed by atoms with van der Waals surface area (Å²) < 4.78 is 0. The molecule has 1 amide bonds. The minimum absolute atomic E-state index is 0.133. The molecule has 0 aliphatic carbocycles. The van der Waals surface area contributed by atoms with E-state index in [0.717, 1.165) is 29.8 Å². The highest BCUT2D eigenvalue weighted by atomic mass is 32.1. The maximum Gasteiger partial charge on any atom is 0.264 e. The van der Waals surface area contributed by atoms with Crippen LogP contribution < -0.4 is 5.73 Å². The van der Waals surface area contributed by atoms with E-state index in [2.05, 4.69) is 6.92 Å². The van der Waals surface area contributed by atoms with E-state index in [1.165, 1.54) is 0 Å². The summed E-state index contributed by atoms with van der Waals surface area (Å²) >= 11 is 1.54. The third kappa shape index (κ3) is 1.87. The summed E-state index contributed by atoms with van der Waals surface area (Å²) in [5, 5.41) is 1.99. The second-order valence-electron chi connectivity index (χ2n) is 4.32. The minimum Gasteiger partial charge on any atom is -0.334 e. The van der Waals surface area contributed by atoms with E-state index in [0.29, 0.717) is 0 Å². The number of carbonyl (C=O) groups is 1. The SMILES string of the molecule is CCc1ccsc1C(=O)N1CCC(N)C1C. The molecule has 0 spiro atoms. The van der Waals surface area contributed by atoms with Gasteiger partial charge in [0.25, 0.3) is 5.91 Å². The second-order valence-corrected chi connectivity index (χ2v) is 5.24. The Hall–Kier alpha value is -0.870. The van der Waals surface area contributed by atoms with Gasteiger partial charge in [0.05, 0.1) is 4.88 Å². The van der Waals surface area contributed by atoms with Crippen molar-refractivity contribution in [3.05, 3.63) is 21.9 Å². The number of rotatable bonds is 2. The molecule has 3 nitrogen and oxygen atoms in total. The molecule has 1 aromatic rings. The van der Waals surface area contributed by atoms with Gasteiger partial charge in [0.1, 0.15) is 0 Å². The van der Waals surface area contributed by atoms with Crippen molar-refractivity contribution in [3.8, 4) is 0 Å². The Balaban J connectivity index is 2.20. The first-order chi connectivity index (χ1) is 7.65. The molecule has 2 rings (SSSR count). The molecule has 0 bridgehead atoms. The fourth-order valence-electron chi connectivity index (χ4n) is 2.18. The van der Waals surface area contributed by atoms with Gasteiger partial charge in [0.2, 0.25) is 0 Å². The maximum atomic E-state index is 12.3. The van der Waals surface area contributed by atoms with Crippen LogP contribution in [0.1, 0.15) is 35.5 Å². The molecular weight excluding hydrogens is 220 g/mol. The largest absolute Gasteiger partial charge is 0.334 e. The van der Waals surface area contributed by atoms with Gasteiger partial charge in [-0.1, -0.05) is 6.92 Å². The Kier molecular flexibility index (Phi) is 3.30. The Morgan fingerprint density at radius 1 is 1.69 bits per heavy atom. The molecule has 4 heteroatoms. The molecule has 2 heterocycles. The molecule has 0 saturated carbocycles. The van der Waals surface area contributed by atoms with Crippen molar-refractivity contribution in [2.75, 3.05) is 6.54 Å². The van der Waals surface area contributed by atoms with E-state index in [1.807, 2.05) is 23.3 Å². The summed E-state index contributed by atoms with van der Waals surface area (Å²) in [4.78, 5) is 15.1. The lowest BCUT2D eigenvalue weighted by molar-refractivity contribution is 0.0746. The molecule has 2 unspecified atom stereocenters. The number of likely N-dealkylation sites (tertiary alicyclic amines) is 1. The summed E-state index contributed by atoms with van der Waals surface area (Å²) in [7, 11) is 0. The Bertz CT molecular complexity index is 388. The number of nitrogens with two attached hydrogens (primary N) is 1. The molecule has 2 N–H and O–H groups in total. The molecule has 1 saturated heterocycles. The van der Waals surface area contributed by atoms with Crippen LogP contribution in [0, 0.1) is 0 Å². The van der Waals surface area contributed by atoms with Crippen LogP contribution >= 0.6 is 11.3 Å². The van der Waals surface area contributed by atoms with Gasteiger partial charge in [-0.3, -0.25) is 4.79 Å². The molecule has 0 radical (unpaired) electrons. The van der Waals surface area contributed by atoms with Crippen molar-refractivity contribution in [1.82, 2.24) is 4.90 Å². The predicted octanol–water partition coefficient (Wildman–Crippen LogP) is 1.87. The smallest absolute Gasteiger partial charge is 0.264 e. The number of carbonyl (C=O) groups excluding carboxylic acids is 1. The highest BCUT2D eigenvalue weighted by molar-refractivity contribution is 7.12. The summed E-state index contributed by atoms with van der Waals surface area (Å²) in [6.45, 7) is 4.91. The lowest BCUT2D eigenvalue weighted by Gasteiger charge is -2.23. The van der Waals surface area contributed by atoms with E-state index in [9.17, 15) is 4.79 Å². The van der Waals surface area contributed by atoms with Crippen molar-refractivity contribution in [1.29, 1.82) is 0 Å². The highest BCUT2D eigenvalue weighted by Crippen LogP contribution is 2.24. The predicted molar refractivity (Wildman–Crippen MR) is 66.8 cm³/mol. The Morgan fingerprint density at radius 2 is 2.44 bits per heavy atom. The van der Waals surface area contributed by atoms with Crippen molar-refractivity contribution >= 4 is 17.2 Å². The lowest BCUT2D eigenvalue weighted by atomic mass is 10.1. The van der Waals surface area contributed by atoms with Crippen LogP contribution in [0.5, 0.6) is 0 Å². The first-order valence-electron chi connectivity index (χ1n) is 5.78. The monoisotopic (exact) mass is 238 g/mol. The van der Waals surface area contributed by atoms with E-state index in [1.54, 1.807) is 11.3 Å². The maximum absolute atomic E-state index is 12.3.